The van der Waals surface area contributed by atoms with Gasteiger partial charge in [-0.1, -0.05) is 6.92 Å². The van der Waals surface area contributed by atoms with E-state index in [1.165, 1.54) is 0 Å². The third kappa shape index (κ3) is 0.721. The molecule has 0 aromatic heterocycles. The number of hydrogen-bond acceptors (Lipinski definition) is 3. The van der Waals surface area contributed by atoms with E-state index in [-0.39, 0.29) is 5.60 Å². The molecule has 0 aliphatic carbocycles. The molecular weight excluding hydrogens is 156 g/mol. The molecule has 0 saturated carbocycles. The summed E-state index contributed by atoms with van der Waals surface area (Å²) in [7, 11) is 0. The van der Waals surface area contributed by atoms with Crippen LogP contribution in [0.3, 0.4) is 0 Å². The lowest BCUT2D eigenvalue weighted by atomic mass is 9.79. The second kappa shape index (κ2) is 2.22. The summed E-state index contributed by atoms with van der Waals surface area (Å²) in [4.78, 5) is 0. The first-order chi connectivity index (χ1) is 5.51. The molecule has 2 aliphatic heterocycles. The number of ether oxygens (including phenoxy) is 2. The Morgan fingerprint density at radius 3 is 2.33 bits per heavy atom. The van der Waals surface area contributed by atoms with E-state index in [4.69, 9.17) is 9.47 Å². The van der Waals surface area contributed by atoms with Gasteiger partial charge in [-0.2, -0.15) is 0 Å². The van der Waals surface area contributed by atoms with Gasteiger partial charge in [0.1, 0.15) is 17.3 Å². The number of hydrogen-bond donors (Lipinski definition) is 1. The maximum Gasteiger partial charge on any atom is 0.122 e. The summed E-state index contributed by atoms with van der Waals surface area (Å²) in [5.74, 6) is 0.361. The monoisotopic (exact) mass is 172 g/mol. The Bertz CT molecular complexity index is 184. The fraction of sp³-hybridized carbons (Fsp3) is 1.00. The van der Waals surface area contributed by atoms with Crippen molar-refractivity contribution in [2.75, 3.05) is 13.2 Å². The molecule has 2 rings (SSSR count). The Hall–Kier alpha value is -0.120. The van der Waals surface area contributed by atoms with Crippen LogP contribution in [0, 0.1) is 5.92 Å². The van der Waals surface area contributed by atoms with Gasteiger partial charge in [0.15, 0.2) is 0 Å². The van der Waals surface area contributed by atoms with Gasteiger partial charge in [-0.15, -0.1) is 0 Å². The molecule has 3 heteroatoms. The fourth-order valence-electron chi connectivity index (χ4n) is 2.21. The van der Waals surface area contributed by atoms with Crippen LogP contribution < -0.4 is 0 Å². The minimum absolute atomic E-state index is 0.299. The van der Waals surface area contributed by atoms with Crippen LogP contribution in [0.25, 0.3) is 0 Å². The first-order valence-corrected chi connectivity index (χ1v) is 4.46. The lowest BCUT2D eigenvalue weighted by Crippen LogP contribution is -2.51. The molecule has 0 radical (unpaired) electrons. The maximum absolute atomic E-state index is 9.69. The SMILES string of the molecule is C[C@H]1CO[C@]2(C)[C@@H](O)CO[C@]12C. The van der Waals surface area contributed by atoms with Gasteiger partial charge in [0.05, 0.1) is 13.2 Å². The Labute approximate surface area is 72.7 Å². The first-order valence-electron chi connectivity index (χ1n) is 4.46. The van der Waals surface area contributed by atoms with Crippen LogP contribution >= 0.6 is 0 Å². The van der Waals surface area contributed by atoms with Crippen LogP contribution in [0.2, 0.25) is 0 Å². The molecule has 12 heavy (non-hydrogen) atoms. The summed E-state index contributed by atoms with van der Waals surface area (Å²) in [5, 5.41) is 9.69. The Kier molecular flexibility index (Phi) is 1.57. The summed E-state index contributed by atoms with van der Waals surface area (Å²) >= 11 is 0. The number of fused-ring (bicyclic) bond motifs is 1. The van der Waals surface area contributed by atoms with Crippen molar-refractivity contribution in [3.63, 3.8) is 0 Å². The topological polar surface area (TPSA) is 38.7 Å². The summed E-state index contributed by atoms with van der Waals surface area (Å²) in [6.45, 7) is 7.15. The summed E-state index contributed by atoms with van der Waals surface area (Å²) in [5.41, 5.74) is -0.793. The molecule has 0 bridgehead atoms. The molecule has 70 valence electrons. The van der Waals surface area contributed by atoms with Crippen LogP contribution in [0.1, 0.15) is 20.8 Å². The van der Waals surface area contributed by atoms with Gasteiger partial charge in [-0.05, 0) is 13.8 Å². The van der Waals surface area contributed by atoms with Crippen LogP contribution in [0.5, 0.6) is 0 Å². The van der Waals surface area contributed by atoms with Gasteiger partial charge in [-0.3, -0.25) is 0 Å². The lowest BCUT2D eigenvalue weighted by molar-refractivity contribution is -0.0973. The Morgan fingerprint density at radius 2 is 1.75 bits per heavy atom. The summed E-state index contributed by atoms with van der Waals surface area (Å²) < 4.78 is 11.2. The van der Waals surface area contributed by atoms with Crippen molar-refractivity contribution in [1.82, 2.24) is 0 Å². The predicted octanol–water partition coefficient (Wildman–Crippen LogP) is 0.561. The zero-order valence-electron chi connectivity index (χ0n) is 7.83. The first kappa shape index (κ1) is 8.48. The van der Waals surface area contributed by atoms with Crippen molar-refractivity contribution in [2.45, 2.75) is 38.1 Å². The van der Waals surface area contributed by atoms with Gasteiger partial charge >= 0.3 is 0 Å². The highest BCUT2D eigenvalue weighted by Crippen LogP contribution is 2.48. The van der Waals surface area contributed by atoms with Crippen LogP contribution in [0.15, 0.2) is 0 Å². The molecule has 0 amide bonds. The average molecular weight is 172 g/mol. The third-order valence-corrected chi connectivity index (χ3v) is 3.74. The molecule has 0 aromatic carbocycles. The maximum atomic E-state index is 9.69. The van der Waals surface area contributed by atoms with Gasteiger partial charge in [0.25, 0.3) is 0 Å². The zero-order valence-corrected chi connectivity index (χ0v) is 7.83. The number of aliphatic hydroxyl groups excluding tert-OH is 1. The minimum Gasteiger partial charge on any atom is -0.388 e. The smallest absolute Gasteiger partial charge is 0.122 e. The second-order valence-corrected chi connectivity index (χ2v) is 4.25. The molecule has 2 heterocycles. The highest BCUT2D eigenvalue weighted by atomic mass is 16.6. The molecule has 2 aliphatic rings. The van der Waals surface area contributed by atoms with Crippen molar-refractivity contribution in [3.8, 4) is 0 Å². The molecule has 1 N–H and O–H groups in total. The standard InChI is InChI=1S/C9H16O3/c1-6-4-11-9(3)7(10)5-12-8(6,9)2/h6-7,10H,4-5H2,1-3H3/t6-,7-,8+,9+/m0/s1. The van der Waals surface area contributed by atoms with E-state index in [0.717, 1.165) is 0 Å². The summed E-state index contributed by atoms with van der Waals surface area (Å²) in [6.07, 6.45) is -0.479. The van der Waals surface area contributed by atoms with Crippen molar-refractivity contribution < 1.29 is 14.6 Å². The second-order valence-electron chi connectivity index (χ2n) is 4.25. The van der Waals surface area contributed by atoms with Crippen molar-refractivity contribution in [1.29, 1.82) is 0 Å². The van der Waals surface area contributed by atoms with Crippen molar-refractivity contribution in [3.05, 3.63) is 0 Å². The molecule has 2 saturated heterocycles. The van der Waals surface area contributed by atoms with E-state index >= 15 is 0 Å². The number of rotatable bonds is 0. The lowest BCUT2D eigenvalue weighted by Gasteiger charge is -2.34. The van der Waals surface area contributed by atoms with E-state index in [9.17, 15) is 5.11 Å². The summed E-state index contributed by atoms with van der Waals surface area (Å²) in [6, 6.07) is 0. The van der Waals surface area contributed by atoms with E-state index in [1.54, 1.807) is 0 Å². The normalized spacial score (nSPS) is 59.0. The highest BCUT2D eigenvalue weighted by molar-refractivity contribution is 5.12. The molecule has 4 atom stereocenters. The van der Waals surface area contributed by atoms with Gasteiger partial charge < -0.3 is 14.6 Å². The van der Waals surface area contributed by atoms with Crippen LogP contribution in [0.4, 0.5) is 0 Å². The van der Waals surface area contributed by atoms with Gasteiger partial charge in [0.2, 0.25) is 0 Å². The minimum atomic E-state index is -0.494. The quantitative estimate of drug-likeness (QED) is 0.580. The predicted molar refractivity (Wildman–Crippen MR) is 43.9 cm³/mol. The zero-order chi connectivity index (χ0) is 8.98. The highest BCUT2D eigenvalue weighted by Gasteiger charge is 2.63. The van der Waals surface area contributed by atoms with Crippen molar-refractivity contribution in [2.24, 2.45) is 5.92 Å². The van der Waals surface area contributed by atoms with Crippen molar-refractivity contribution >= 4 is 0 Å². The molecule has 0 unspecified atom stereocenters. The fourth-order valence-corrected chi connectivity index (χ4v) is 2.21. The van der Waals surface area contributed by atoms with Crippen LogP contribution in [-0.4, -0.2) is 35.6 Å². The Morgan fingerprint density at radius 1 is 1.17 bits per heavy atom. The number of aliphatic hydroxyl groups is 1. The van der Waals surface area contributed by atoms with E-state index in [2.05, 4.69) is 6.92 Å². The molecular formula is C9H16O3. The van der Waals surface area contributed by atoms with Crippen LogP contribution in [-0.2, 0) is 9.47 Å². The van der Waals surface area contributed by atoms with Gasteiger partial charge in [0, 0.05) is 5.92 Å². The average Bonchev–Trinajstić information content (AvgIpc) is 2.39. The van der Waals surface area contributed by atoms with E-state index in [0.29, 0.717) is 19.1 Å². The molecule has 0 spiro atoms. The third-order valence-electron chi connectivity index (χ3n) is 3.74. The van der Waals surface area contributed by atoms with E-state index < -0.39 is 11.7 Å². The molecule has 0 aromatic rings. The van der Waals surface area contributed by atoms with Gasteiger partial charge in [-0.25, -0.2) is 0 Å². The van der Waals surface area contributed by atoms with E-state index in [1.807, 2.05) is 13.8 Å². The molecule has 3 nitrogen and oxygen atoms in total. The Balaban J connectivity index is 2.37. The largest absolute Gasteiger partial charge is 0.388 e. The molecule has 2 fully saturated rings.